The van der Waals surface area contributed by atoms with Gasteiger partial charge in [0.1, 0.15) is 5.82 Å². The van der Waals surface area contributed by atoms with Crippen molar-refractivity contribution in [2.24, 2.45) is 5.84 Å². The first-order chi connectivity index (χ1) is 7.69. The molecule has 3 N–H and O–H groups in total. The Morgan fingerprint density at radius 2 is 2.19 bits per heavy atom. The van der Waals surface area contributed by atoms with Crippen molar-refractivity contribution in [3.63, 3.8) is 0 Å². The molecule has 0 heterocycles. The lowest BCUT2D eigenvalue weighted by molar-refractivity contribution is -0.120. The predicted octanol–water partition coefficient (Wildman–Crippen LogP) is 1.03. The Kier molecular flexibility index (Phi) is 4.72. The molecule has 0 spiro atoms. The molecule has 0 aliphatic heterocycles. The summed E-state index contributed by atoms with van der Waals surface area (Å²) in [5, 5.41) is 0. The Labute approximate surface area is 94.2 Å². The van der Waals surface area contributed by atoms with Crippen molar-refractivity contribution < 1.29 is 9.18 Å². The molecule has 5 heteroatoms. The minimum absolute atomic E-state index is 0.249. The first-order valence-electron chi connectivity index (χ1n) is 5.18. The van der Waals surface area contributed by atoms with Gasteiger partial charge in [-0.15, -0.1) is 0 Å². The van der Waals surface area contributed by atoms with Gasteiger partial charge >= 0.3 is 0 Å². The third kappa shape index (κ3) is 3.20. The van der Waals surface area contributed by atoms with Crippen LogP contribution in [0.25, 0.3) is 0 Å². The smallest absolute Gasteiger partial charge is 0.235 e. The molecule has 16 heavy (non-hydrogen) atoms. The molecule has 1 aromatic rings. The second-order valence-electron chi connectivity index (χ2n) is 3.35. The van der Waals surface area contributed by atoms with E-state index in [2.05, 4.69) is 5.43 Å². The van der Waals surface area contributed by atoms with Gasteiger partial charge in [-0.3, -0.25) is 10.2 Å². The van der Waals surface area contributed by atoms with Crippen molar-refractivity contribution in [1.82, 2.24) is 5.43 Å². The van der Waals surface area contributed by atoms with Crippen molar-refractivity contribution in [2.75, 3.05) is 18.0 Å². The van der Waals surface area contributed by atoms with Crippen molar-refractivity contribution in [3.05, 3.63) is 30.1 Å². The molecule has 1 rings (SSSR count). The molecule has 0 radical (unpaired) electrons. The number of carbonyl (C=O) groups is 1. The van der Waals surface area contributed by atoms with E-state index in [1.54, 1.807) is 23.1 Å². The average molecular weight is 225 g/mol. The zero-order valence-corrected chi connectivity index (χ0v) is 9.24. The number of benzene rings is 1. The molecule has 0 saturated carbocycles. The number of anilines is 1. The molecule has 0 aliphatic rings. The van der Waals surface area contributed by atoms with Crippen LogP contribution >= 0.6 is 0 Å². The number of halogens is 1. The lowest BCUT2D eigenvalue weighted by atomic mass is 10.2. The largest absolute Gasteiger partial charge is 0.369 e. The van der Waals surface area contributed by atoms with E-state index in [1.807, 2.05) is 6.92 Å². The van der Waals surface area contributed by atoms with E-state index < -0.39 is 0 Å². The number of rotatable bonds is 5. The predicted molar refractivity (Wildman–Crippen MR) is 61.2 cm³/mol. The van der Waals surface area contributed by atoms with E-state index in [4.69, 9.17) is 5.84 Å². The molecular formula is C11H16FN3O. The van der Waals surface area contributed by atoms with E-state index in [9.17, 15) is 9.18 Å². The number of amides is 1. The molecule has 0 saturated heterocycles. The van der Waals surface area contributed by atoms with Gasteiger partial charge in [-0.2, -0.15) is 0 Å². The molecular weight excluding hydrogens is 209 g/mol. The fourth-order valence-electron chi connectivity index (χ4n) is 1.47. The number of hydrogen-bond acceptors (Lipinski definition) is 3. The highest BCUT2D eigenvalue weighted by molar-refractivity contribution is 5.75. The van der Waals surface area contributed by atoms with Crippen LogP contribution in [0.15, 0.2) is 24.3 Å². The van der Waals surface area contributed by atoms with E-state index in [1.165, 1.54) is 6.07 Å². The highest BCUT2D eigenvalue weighted by Crippen LogP contribution is 2.18. The van der Waals surface area contributed by atoms with E-state index in [0.29, 0.717) is 18.8 Å². The van der Waals surface area contributed by atoms with Crippen LogP contribution in [-0.4, -0.2) is 19.0 Å². The highest BCUT2D eigenvalue weighted by Gasteiger charge is 2.10. The number of hydrazine groups is 1. The maximum absolute atomic E-state index is 13.5. The number of nitrogens with two attached hydrogens (primary N) is 1. The normalized spacial score (nSPS) is 9.94. The summed E-state index contributed by atoms with van der Waals surface area (Å²) < 4.78 is 13.5. The summed E-state index contributed by atoms with van der Waals surface area (Å²) >= 11 is 0. The molecule has 0 aliphatic carbocycles. The summed E-state index contributed by atoms with van der Waals surface area (Å²) in [5.74, 6) is 4.44. The lowest BCUT2D eigenvalue weighted by Crippen LogP contribution is -2.34. The maximum atomic E-state index is 13.5. The summed E-state index contributed by atoms with van der Waals surface area (Å²) in [6.45, 7) is 2.99. The van der Waals surface area contributed by atoms with Gasteiger partial charge in [0, 0.05) is 19.5 Å². The van der Waals surface area contributed by atoms with Crippen LogP contribution in [0.2, 0.25) is 0 Å². The third-order valence-corrected chi connectivity index (χ3v) is 2.34. The Hall–Kier alpha value is -1.62. The van der Waals surface area contributed by atoms with Gasteiger partial charge in [0.2, 0.25) is 5.91 Å². The molecule has 0 bridgehead atoms. The van der Waals surface area contributed by atoms with Crippen LogP contribution in [-0.2, 0) is 4.79 Å². The van der Waals surface area contributed by atoms with E-state index in [-0.39, 0.29) is 18.1 Å². The van der Waals surface area contributed by atoms with Gasteiger partial charge in [0.05, 0.1) is 5.69 Å². The van der Waals surface area contributed by atoms with E-state index in [0.717, 1.165) is 0 Å². The Morgan fingerprint density at radius 3 is 2.75 bits per heavy atom. The lowest BCUT2D eigenvalue weighted by Gasteiger charge is -2.23. The fraction of sp³-hybridized carbons (Fsp3) is 0.364. The van der Waals surface area contributed by atoms with Crippen molar-refractivity contribution in [3.8, 4) is 0 Å². The molecule has 1 aromatic carbocycles. The van der Waals surface area contributed by atoms with Crippen molar-refractivity contribution in [1.29, 1.82) is 0 Å². The fourth-order valence-corrected chi connectivity index (χ4v) is 1.47. The Balaban J connectivity index is 2.68. The summed E-state index contributed by atoms with van der Waals surface area (Å²) in [7, 11) is 0. The first-order valence-corrected chi connectivity index (χ1v) is 5.18. The number of para-hydroxylation sites is 1. The molecule has 4 nitrogen and oxygen atoms in total. The number of hydrogen-bond donors (Lipinski definition) is 2. The summed E-state index contributed by atoms with van der Waals surface area (Å²) in [6.07, 6.45) is 0.249. The Bertz CT molecular complexity index is 357. The Morgan fingerprint density at radius 1 is 1.50 bits per heavy atom. The number of carbonyl (C=O) groups excluding carboxylic acids is 1. The summed E-state index contributed by atoms with van der Waals surface area (Å²) in [4.78, 5) is 12.8. The molecule has 0 fully saturated rings. The monoisotopic (exact) mass is 225 g/mol. The summed E-state index contributed by atoms with van der Waals surface area (Å²) in [6, 6.07) is 6.50. The number of nitrogens with one attached hydrogen (secondary N) is 1. The van der Waals surface area contributed by atoms with Crippen LogP contribution in [0.5, 0.6) is 0 Å². The highest BCUT2D eigenvalue weighted by atomic mass is 19.1. The van der Waals surface area contributed by atoms with E-state index >= 15 is 0 Å². The quantitative estimate of drug-likeness (QED) is 0.447. The molecule has 0 atom stereocenters. The maximum Gasteiger partial charge on any atom is 0.235 e. The minimum Gasteiger partial charge on any atom is -0.369 e. The summed E-state index contributed by atoms with van der Waals surface area (Å²) in [5.41, 5.74) is 2.56. The van der Waals surface area contributed by atoms with Crippen molar-refractivity contribution >= 4 is 11.6 Å². The van der Waals surface area contributed by atoms with Gasteiger partial charge in [-0.25, -0.2) is 10.2 Å². The number of nitrogens with zero attached hydrogens (tertiary/aromatic N) is 1. The standard InChI is InChI=1S/C11H16FN3O/c1-2-15(8-7-11(16)14-13)10-6-4-3-5-9(10)12/h3-6H,2,7-8,13H2,1H3,(H,14,16). The van der Waals surface area contributed by atoms with Gasteiger partial charge in [0.25, 0.3) is 0 Å². The van der Waals surface area contributed by atoms with Gasteiger partial charge in [-0.1, -0.05) is 12.1 Å². The first kappa shape index (κ1) is 12.4. The van der Waals surface area contributed by atoms with Gasteiger partial charge < -0.3 is 4.90 Å². The average Bonchev–Trinajstić information content (AvgIpc) is 2.31. The zero-order valence-electron chi connectivity index (χ0n) is 9.24. The minimum atomic E-state index is -0.280. The van der Waals surface area contributed by atoms with Crippen LogP contribution in [0, 0.1) is 5.82 Å². The topological polar surface area (TPSA) is 58.4 Å². The van der Waals surface area contributed by atoms with Crippen molar-refractivity contribution in [2.45, 2.75) is 13.3 Å². The molecule has 0 unspecified atom stereocenters. The van der Waals surface area contributed by atoms with Crippen LogP contribution in [0.4, 0.5) is 10.1 Å². The third-order valence-electron chi connectivity index (χ3n) is 2.34. The molecule has 0 aromatic heterocycles. The SMILES string of the molecule is CCN(CCC(=O)NN)c1ccccc1F. The van der Waals surface area contributed by atoms with Gasteiger partial charge in [0.15, 0.2) is 0 Å². The van der Waals surface area contributed by atoms with Gasteiger partial charge in [-0.05, 0) is 19.1 Å². The second-order valence-corrected chi connectivity index (χ2v) is 3.35. The van der Waals surface area contributed by atoms with Crippen LogP contribution in [0.1, 0.15) is 13.3 Å². The molecule has 88 valence electrons. The second kappa shape index (κ2) is 6.07. The van der Waals surface area contributed by atoms with Crippen LogP contribution in [0.3, 0.4) is 0 Å². The molecule has 1 amide bonds. The van der Waals surface area contributed by atoms with Crippen LogP contribution < -0.4 is 16.2 Å². The zero-order chi connectivity index (χ0) is 12.0.